The second-order valence-electron chi connectivity index (χ2n) is 12.6. The van der Waals surface area contributed by atoms with E-state index in [1.165, 1.54) is 0 Å². The number of hydrogen-bond acceptors (Lipinski definition) is 8. The molecule has 45 heavy (non-hydrogen) atoms. The second-order valence-corrected chi connectivity index (χ2v) is 12.6. The summed E-state index contributed by atoms with van der Waals surface area (Å²) >= 11 is 0. The number of oxazole rings is 1. The van der Waals surface area contributed by atoms with Gasteiger partial charge in [-0.25, -0.2) is 14.8 Å². The molecule has 2 aromatic heterocycles. The van der Waals surface area contributed by atoms with Crippen LogP contribution in [0.3, 0.4) is 0 Å². The highest BCUT2D eigenvalue weighted by molar-refractivity contribution is 5.95. The van der Waals surface area contributed by atoms with Gasteiger partial charge in [-0.15, -0.1) is 0 Å². The summed E-state index contributed by atoms with van der Waals surface area (Å²) in [6.07, 6.45) is 9.90. The van der Waals surface area contributed by atoms with Crippen LogP contribution in [0, 0.1) is 23.2 Å². The van der Waals surface area contributed by atoms with Gasteiger partial charge in [0, 0.05) is 48.3 Å². The molecule has 3 saturated carbocycles. The summed E-state index contributed by atoms with van der Waals surface area (Å²) in [7, 11) is 3.10. The number of aromatic nitrogens is 2. The third-order valence-electron chi connectivity index (χ3n) is 9.58. The van der Waals surface area contributed by atoms with E-state index in [1.54, 1.807) is 20.4 Å². The Morgan fingerprint density at radius 1 is 1.00 bits per heavy atom. The van der Waals surface area contributed by atoms with Crippen molar-refractivity contribution in [1.82, 2.24) is 15.3 Å². The van der Waals surface area contributed by atoms with Crippen LogP contribution in [0.1, 0.15) is 93.3 Å². The molecule has 10 heteroatoms. The second kappa shape index (κ2) is 13.7. The molecule has 0 saturated heterocycles. The number of ether oxygens (including phenoxy) is 2. The van der Waals surface area contributed by atoms with Gasteiger partial charge in [-0.1, -0.05) is 12.1 Å². The number of hydrogen-bond donors (Lipinski definition) is 1. The molecule has 10 nitrogen and oxygen atoms in total. The van der Waals surface area contributed by atoms with E-state index in [1.807, 2.05) is 35.2 Å². The number of methoxy groups -OCH3 is 1. The summed E-state index contributed by atoms with van der Waals surface area (Å²) in [6.45, 7) is 0.634. The van der Waals surface area contributed by atoms with E-state index in [4.69, 9.17) is 18.9 Å². The smallest absolute Gasteiger partial charge is 0.407 e. The number of anilines is 1. The molecule has 3 fully saturated rings. The van der Waals surface area contributed by atoms with Crippen molar-refractivity contribution in [2.45, 2.75) is 82.1 Å². The largest absolute Gasteiger partial charge is 0.494 e. The highest BCUT2D eigenvalue weighted by Gasteiger charge is 2.34. The average Bonchev–Trinajstić information content (AvgIpc) is 3.82. The van der Waals surface area contributed by atoms with E-state index >= 15 is 0 Å². The molecule has 0 radical (unpaired) electrons. The Labute approximate surface area is 264 Å². The van der Waals surface area contributed by atoms with Gasteiger partial charge < -0.3 is 24.1 Å². The Bertz CT molecular complexity index is 1540. The first-order valence-corrected chi connectivity index (χ1v) is 16.2. The lowest BCUT2D eigenvalue weighted by Crippen LogP contribution is -2.42. The molecule has 0 bridgehead atoms. The van der Waals surface area contributed by atoms with Crippen molar-refractivity contribution in [3.8, 4) is 23.1 Å². The number of alkyl carbamates (subject to hydrolysis) is 1. The number of pyridine rings is 1. The standard InChI is InChI=1S/C35H41N5O5/c1-37-35(42)45-28-14-12-25(13-15-28)34(41)40(27-5-3-4-26(18-27)31-21-44-33(39-31)24-10-11-24)20-22-6-8-23(9-7-22)29-16-17-32(43-2)30(19-36)38-29/h3-5,16-18,21-25,28H,6-15,20H2,1-2H3,(H,37,42). The van der Waals surface area contributed by atoms with E-state index in [2.05, 4.69) is 22.4 Å². The van der Waals surface area contributed by atoms with Crippen molar-refractivity contribution in [3.63, 3.8) is 0 Å². The summed E-state index contributed by atoms with van der Waals surface area (Å²) in [5.41, 5.74) is 3.85. The van der Waals surface area contributed by atoms with Crippen LogP contribution in [0.4, 0.5) is 10.5 Å². The number of benzene rings is 1. The predicted molar refractivity (Wildman–Crippen MR) is 168 cm³/mol. The fourth-order valence-electron chi connectivity index (χ4n) is 6.78. The van der Waals surface area contributed by atoms with E-state index < -0.39 is 6.09 Å². The van der Waals surface area contributed by atoms with E-state index in [0.717, 1.165) is 67.1 Å². The van der Waals surface area contributed by atoms with E-state index in [0.29, 0.717) is 55.5 Å². The van der Waals surface area contributed by atoms with Gasteiger partial charge in [-0.05, 0) is 94.4 Å². The minimum Gasteiger partial charge on any atom is -0.494 e. The number of amides is 2. The van der Waals surface area contributed by atoms with Crippen LogP contribution in [0.2, 0.25) is 0 Å². The van der Waals surface area contributed by atoms with Crippen molar-refractivity contribution in [2.24, 2.45) is 11.8 Å². The number of carbonyl (C=O) groups is 2. The lowest BCUT2D eigenvalue weighted by Gasteiger charge is -2.36. The number of nitrogens with one attached hydrogen (secondary N) is 1. The molecule has 0 unspecified atom stereocenters. The summed E-state index contributed by atoms with van der Waals surface area (Å²) in [5, 5.41) is 12.0. The van der Waals surface area contributed by atoms with Gasteiger partial charge in [0.2, 0.25) is 5.91 Å². The number of rotatable bonds is 9. The van der Waals surface area contributed by atoms with Crippen LogP contribution < -0.4 is 15.0 Å². The molecule has 2 heterocycles. The zero-order chi connectivity index (χ0) is 31.3. The minimum absolute atomic E-state index is 0.127. The summed E-state index contributed by atoms with van der Waals surface area (Å²) in [4.78, 5) is 37.3. The number of nitriles is 1. The van der Waals surface area contributed by atoms with Crippen LogP contribution in [-0.4, -0.2) is 48.8 Å². The van der Waals surface area contributed by atoms with Crippen molar-refractivity contribution in [2.75, 3.05) is 25.6 Å². The maximum absolute atomic E-state index is 14.2. The van der Waals surface area contributed by atoms with Crippen LogP contribution >= 0.6 is 0 Å². The van der Waals surface area contributed by atoms with Crippen LogP contribution in [0.5, 0.6) is 5.75 Å². The minimum atomic E-state index is -0.426. The Morgan fingerprint density at radius 3 is 2.44 bits per heavy atom. The molecule has 0 aliphatic heterocycles. The molecule has 3 aromatic rings. The molecule has 3 aliphatic carbocycles. The third kappa shape index (κ3) is 7.14. The lowest BCUT2D eigenvalue weighted by atomic mass is 9.79. The SMILES string of the molecule is CNC(=O)OC1CCC(C(=O)N(CC2CCC(c3ccc(OC)c(C#N)n3)CC2)c2cccc(-c3coc(C4CC4)n3)c2)CC1. The van der Waals surface area contributed by atoms with Crippen LogP contribution in [0.25, 0.3) is 11.3 Å². The van der Waals surface area contributed by atoms with Crippen molar-refractivity contribution in [1.29, 1.82) is 5.26 Å². The molecular weight excluding hydrogens is 570 g/mol. The van der Waals surface area contributed by atoms with E-state index in [-0.39, 0.29) is 23.8 Å². The fraction of sp³-hybridized carbons (Fsp3) is 0.514. The Hall–Kier alpha value is -4.39. The average molecular weight is 612 g/mol. The molecule has 0 atom stereocenters. The summed E-state index contributed by atoms with van der Waals surface area (Å²) < 4.78 is 16.5. The van der Waals surface area contributed by atoms with Gasteiger partial charge in [0.1, 0.15) is 24.1 Å². The monoisotopic (exact) mass is 611 g/mol. The molecule has 0 spiro atoms. The zero-order valence-corrected chi connectivity index (χ0v) is 26.0. The molecular formula is C35H41N5O5. The maximum atomic E-state index is 14.2. The molecule has 3 aliphatic rings. The van der Waals surface area contributed by atoms with Crippen molar-refractivity contribution >= 4 is 17.7 Å². The maximum Gasteiger partial charge on any atom is 0.407 e. The quantitative estimate of drug-likeness (QED) is 0.282. The Balaban J connectivity index is 1.18. The zero-order valence-electron chi connectivity index (χ0n) is 26.0. The topological polar surface area (TPSA) is 131 Å². The molecule has 236 valence electrons. The van der Waals surface area contributed by atoms with Crippen LogP contribution in [-0.2, 0) is 9.53 Å². The summed E-state index contributed by atoms with van der Waals surface area (Å²) in [6, 6.07) is 14.0. The van der Waals surface area contributed by atoms with Gasteiger partial charge in [-0.2, -0.15) is 5.26 Å². The number of carbonyl (C=O) groups excluding carboxylic acids is 2. The highest BCUT2D eigenvalue weighted by atomic mass is 16.6. The van der Waals surface area contributed by atoms with Crippen molar-refractivity contribution in [3.05, 3.63) is 59.9 Å². The first-order chi connectivity index (χ1) is 21.9. The first-order valence-electron chi connectivity index (χ1n) is 16.2. The van der Waals surface area contributed by atoms with Gasteiger partial charge >= 0.3 is 6.09 Å². The van der Waals surface area contributed by atoms with Gasteiger partial charge in [0.05, 0.1) is 7.11 Å². The normalized spacial score (nSPS) is 23.0. The number of nitrogens with zero attached hydrogens (tertiary/aromatic N) is 4. The fourth-order valence-corrected chi connectivity index (χ4v) is 6.78. The van der Waals surface area contributed by atoms with Gasteiger partial charge in [-0.3, -0.25) is 4.79 Å². The van der Waals surface area contributed by atoms with Crippen molar-refractivity contribution < 1.29 is 23.5 Å². The van der Waals surface area contributed by atoms with Gasteiger partial charge in [0.25, 0.3) is 0 Å². The molecule has 6 rings (SSSR count). The summed E-state index contributed by atoms with van der Waals surface area (Å²) in [5.74, 6) is 2.33. The third-order valence-corrected chi connectivity index (χ3v) is 9.58. The Kier molecular flexibility index (Phi) is 9.34. The molecule has 2 amide bonds. The first kappa shape index (κ1) is 30.6. The molecule has 1 aromatic carbocycles. The predicted octanol–water partition coefficient (Wildman–Crippen LogP) is 6.72. The van der Waals surface area contributed by atoms with Gasteiger partial charge in [0.15, 0.2) is 17.3 Å². The van der Waals surface area contributed by atoms with Crippen LogP contribution in [0.15, 0.2) is 47.1 Å². The Morgan fingerprint density at radius 2 is 1.76 bits per heavy atom. The highest BCUT2D eigenvalue weighted by Crippen LogP contribution is 2.41. The lowest BCUT2D eigenvalue weighted by molar-refractivity contribution is -0.124. The van der Waals surface area contributed by atoms with E-state index in [9.17, 15) is 14.9 Å². The molecule has 1 N–H and O–H groups in total.